The lowest BCUT2D eigenvalue weighted by atomic mass is 10.1. The number of aromatic amines is 2. The molecule has 0 radical (unpaired) electrons. The molecule has 0 amide bonds. The maximum Gasteiger partial charge on any atom is 0.121 e. The first kappa shape index (κ1) is 15.1. The van der Waals surface area contributed by atoms with E-state index in [2.05, 4.69) is 46.6 Å². The highest BCUT2D eigenvalue weighted by molar-refractivity contribution is 6.76. The molecule has 0 atom stereocenters. The van der Waals surface area contributed by atoms with Crippen LogP contribution in [-0.2, 0) is 4.74 Å². The second-order valence-corrected chi connectivity index (χ2v) is 12.5. The number of nitrogens with one attached hydrogen (secondary N) is 2. The lowest BCUT2D eigenvalue weighted by Gasteiger charge is -2.27. The molecule has 6 heteroatoms. The quantitative estimate of drug-likeness (QED) is 0.635. The fourth-order valence-corrected chi connectivity index (χ4v) is 3.26. The van der Waals surface area contributed by atoms with E-state index in [1.165, 1.54) is 6.04 Å². The highest BCUT2D eigenvalue weighted by Crippen LogP contribution is 2.26. The molecule has 1 aliphatic rings. The summed E-state index contributed by atoms with van der Waals surface area (Å²) in [5, 5.41) is 0. The molecule has 0 aromatic carbocycles. The van der Waals surface area contributed by atoms with Crippen LogP contribution in [-0.4, -0.2) is 43.8 Å². The molecule has 0 bridgehead atoms. The number of hydrogen-bond donors (Lipinski definition) is 2. The van der Waals surface area contributed by atoms with E-state index in [1.54, 1.807) is 0 Å². The van der Waals surface area contributed by atoms with Gasteiger partial charge in [0.25, 0.3) is 0 Å². The van der Waals surface area contributed by atoms with Crippen molar-refractivity contribution >= 4 is 19.6 Å². The maximum atomic E-state index is 5.87. The van der Waals surface area contributed by atoms with E-state index >= 15 is 0 Å². The molecule has 2 aromatic heterocycles. The minimum Gasteiger partial charge on any atom is -0.367 e. The Morgan fingerprint density at radius 2 is 2.14 bits per heavy atom. The van der Waals surface area contributed by atoms with Crippen LogP contribution in [0.15, 0.2) is 35.7 Å². The maximum absolute atomic E-state index is 5.87. The molecule has 118 valence electrons. The van der Waals surface area contributed by atoms with Crippen molar-refractivity contribution in [2.45, 2.75) is 25.7 Å². The largest absolute Gasteiger partial charge is 0.367 e. The monoisotopic (exact) mass is 316 g/mol. The minimum absolute atomic E-state index is 0.585. The lowest BCUT2D eigenvalue weighted by molar-refractivity contribution is 0.146. The van der Waals surface area contributed by atoms with Gasteiger partial charge in [-0.25, -0.2) is 0 Å². The molecule has 0 saturated heterocycles. The molecule has 0 spiro atoms. The number of nitrogens with zero attached hydrogens (tertiary/aromatic N) is 2. The number of hydrogen-bond acceptors (Lipinski definition) is 3. The number of fused-ring (bicyclic) bond motifs is 1. The molecule has 5 nitrogen and oxygen atoms in total. The highest BCUT2D eigenvalue weighted by Gasteiger charge is 2.22. The lowest BCUT2D eigenvalue weighted by Crippen LogP contribution is -2.33. The van der Waals surface area contributed by atoms with Gasteiger partial charge in [-0.2, -0.15) is 0 Å². The molecule has 2 aromatic rings. The third-order valence-corrected chi connectivity index (χ3v) is 5.52. The number of aliphatic imine (C=N–C) groups is 1. The topological polar surface area (TPSA) is 56.4 Å². The van der Waals surface area contributed by atoms with Crippen LogP contribution in [0.4, 0.5) is 5.82 Å². The summed E-state index contributed by atoms with van der Waals surface area (Å²) in [7, 11) is -1.03. The van der Waals surface area contributed by atoms with Crippen molar-refractivity contribution in [2.75, 3.05) is 24.9 Å². The summed E-state index contributed by atoms with van der Waals surface area (Å²) in [4.78, 5) is 13.3. The molecular formula is C16H24N4OSi. The second kappa shape index (κ2) is 6.14. The van der Waals surface area contributed by atoms with Gasteiger partial charge >= 0.3 is 0 Å². The fourth-order valence-electron chi connectivity index (χ4n) is 2.50. The Morgan fingerprint density at radius 3 is 2.86 bits per heavy atom. The summed E-state index contributed by atoms with van der Waals surface area (Å²) in [6, 6.07) is 5.32. The molecule has 0 aliphatic carbocycles. The van der Waals surface area contributed by atoms with E-state index in [0.29, 0.717) is 13.4 Å². The Labute approximate surface area is 132 Å². The van der Waals surface area contributed by atoms with Gasteiger partial charge in [0.15, 0.2) is 0 Å². The number of anilines is 1. The van der Waals surface area contributed by atoms with Crippen LogP contribution in [0.2, 0.25) is 25.7 Å². The zero-order chi connectivity index (χ0) is 15.6. The van der Waals surface area contributed by atoms with Crippen molar-refractivity contribution in [2.24, 2.45) is 4.99 Å². The zero-order valence-electron chi connectivity index (χ0n) is 13.5. The first-order chi connectivity index (χ1) is 10.5. The van der Waals surface area contributed by atoms with E-state index < -0.39 is 8.07 Å². The third-order valence-electron chi connectivity index (χ3n) is 3.81. The number of rotatable bonds is 6. The minimum atomic E-state index is -1.03. The smallest absolute Gasteiger partial charge is 0.121 e. The van der Waals surface area contributed by atoms with Gasteiger partial charge in [0.2, 0.25) is 0 Å². The molecule has 0 fully saturated rings. The number of aromatic nitrogens is 2. The van der Waals surface area contributed by atoms with Crippen LogP contribution in [0.25, 0.3) is 0 Å². The average molecular weight is 316 g/mol. The van der Waals surface area contributed by atoms with Crippen LogP contribution < -0.4 is 4.90 Å². The van der Waals surface area contributed by atoms with Gasteiger partial charge in [-0.05, 0) is 18.2 Å². The summed E-state index contributed by atoms with van der Waals surface area (Å²) in [6.07, 6.45) is 5.87. The van der Waals surface area contributed by atoms with Crippen molar-refractivity contribution in [3.05, 3.63) is 41.9 Å². The number of H-pyrrole nitrogens is 2. The van der Waals surface area contributed by atoms with Crippen molar-refractivity contribution in [1.29, 1.82) is 0 Å². The predicted octanol–water partition coefficient (Wildman–Crippen LogP) is 3.27. The van der Waals surface area contributed by atoms with Crippen LogP contribution in [0, 0.1) is 0 Å². The summed E-state index contributed by atoms with van der Waals surface area (Å²) >= 11 is 0. The van der Waals surface area contributed by atoms with Gasteiger partial charge in [0, 0.05) is 44.4 Å². The summed E-state index contributed by atoms with van der Waals surface area (Å²) in [5.74, 6) is 1.10. The Kier molecular flexibility index (Phi) is 4.22. The number of ether oxygens (including phenoxy) is 1. The van der Waals surface area contributed by atoms with Gasteiger partial charge in [0.05, 0.1) is 5.71 Å². The van der Waals surface area contributed by atoms with Crippen molar-refractivity contribution in [3.8, 4) is 0 Å². The zero-order valence-corrected chi connectivity index (χ0v) is 14.5. The average Bonchev–Trinajstić information content (AvgIpc) is 3.13. The van der Waals surface area contributed by atoms with Gasteiger partial charge in [-0.15, -0.1) is 0 Å². The summed E-state index contributed by atoms with van der Waals surface area (Å²) < 4.78 is 5.87. The molecule has 0 saturated carbocycles. The van der Waals surface area contributed by atoms with Crippen LogP contribution in [0.1, 0.15) is 11.1 Å². The van der Waals surface area contributed by atoms with E-state index in [0.717, 1.165) is 29.3 Å². The van der Waals surface area contributed by atoms with E-state index in [9.17, 15) is 0 Å². The standard InChI is InChI=1S/C16H24N4OSi/c1-22(2,3)9-8-21-12-20-11-19-15(13-4-6-17-10-13)14-5-7-18-16(14)20/h4-7,10,17-18H,8-9,11-12H2,1-3H3. The first-order valence-corrected chi connectivity index (χ1v) is 11.4. The Morgan fingerprint density at radius 1 is 1.27 bits per heavy atom. The van der Waals surface area contributed by atoms with Crippen LogP contribution in [0.5, 0.6) is 0 Å². The van der Waals surface area contributed by atoms with Crippen LogP contribution in [0.3, 0.4) is 0 Å². The normalized spacial score (nSPS) is 14.9. The molecule has 1 aliphatic heterocycles. The Balaban J connectivity index is 1.65. The van der Waals surface area contributed by atoms with Gasteiger partial charge in [-0.1, -0.05) is 19.6 Å². The molecule has 22 heavy (non-hydrogen) atoms. The van der Waals surface area contributed by atoms with Gasteiger partial charge in [-0.3, -0.25) is 4.99 Å². The van der Waals surface area contributed by atoms with E-state index in [1.807, 2.05) is 18.6 Å². The Hall–Kier alpha value is -1.79. The SMILES string of the molecule is C[Si](C)(C)CCOCN1CN=C(c2cc[nH]c2)c2cc[nH]c21. The van der Waals surface area contributed by atoms with Crippen LogP contribution >= 0.6 is 0 Å². The first-order valence-electron chi connectivity index (χ1n) is 7.73. The Bertz CT molecular complexity index is 639. The molecule has 3 heterocycles. The third kappa shape index (κ3) is 3.33. The van der Waals surface area contributed by atoms with Crippen molar-refractivity contribution in [1.82, 2.24) is 9.97 Å². The fraction of sp³-hybridized carbons (Fsp3) is 0.438. The highest BCUT2D eigenvalue weighted by atomic mass is 28.3. The van der Waals surface area contributed by atoms with E-state index in [4.69, 9.17) is 9.73 Å². The molecule has 0 unspecified atom stereocenters. The molecular weight excluding hydrogens is 292 g/mol. The summed E-state index contributed by atoms with van der Waals surface area (Å²) in [5.41, 5.74) is 3.30. The van der Waals surface area contributed by atoms with Gasteiger partial charge < -0.3 is 19.6 Å². The van der Waals surface area contributed by atoms with Gasteiger partial charge in [0.1, 0.15) is 19.2 Å². The predicted molar refractivity (Wildman–Crippen MR) is 93.5 cm³/mol. The second-order valence-electron chi connectivity index (χ2n) is 6.88. The van der Waals surface area contributed by atoms with Crippen molar-refractivity contribution < 1.29 is 4.74 Å². The van der Waals surface area contributed by atoms with Crippen molar-refractivity contribution in [3.63, 3.8) is 0 Å². The van der Waals surface area contributed by atoms with E-state index in [-0.39, 0.29) is 0 Å². The molecule has 2 N–H and O–H groups in total. The summed E-state index contributed by atoms with van der Waals surface area (Å²) in [6.45, 7) is 9.15. The molecule has 3 rings (SSSR count).